The topological polar surface area (TPSA) is 52.3 Å². The van der Waals surface area contributed by atoms with Crippen LogP contribution in [0, 0.1) is 12.3 Å². The second-order valence-electron chi connectivity index (χ2n) is 5.22. The summed E-state index contributed by atoms with van der Waals surface area (Å²) in [6.07, 6.45) is 5.33. The molecule has 0 aliphatic heterocycles. The zero-order chi connectivity index (χ0) is 16.9. The van der Waals surface area contributed by atoms with Crippen LogP contribution in [0.2, 0.25) is 0 Å². The van der Waals surface area contributed by atoms with E-state index in [0.29, 0.717) is 28.3 Å². The minimum absolute atomic E-state index is 0.0925. The predicted molar refractivity (Wildman–Crippen MR) is 95.2 cm³/mol. The monoisotopic (exact) mass is 313 g/mol. The molecule has 24 heavy (non-hydrogen) atoms. The maximum absolute atomic E-state index is 12.6. The van der Waals surface area contributed by atoms with E-state index in [1.54, 1.807) is 60.7 Å². The van der Waals surface area contributed by atoms with Crippen molar-refractivity contribution in [3.05, 3.63) is 89.5 Å². The molecule has 0 unspecified atom stereocenters. The Bertz CT molecular complexity index is 921. The van der Waals surface area contributed by atoms with Crippen LogP contribution in [0.4, 0.5) is 5.69 Å². The summed E-state index contributed by atoms with van der Waals surface area (Å²) in [6, 6.07) is 21.2. The number of benzene rings is 3. The molecule has 0 bridgehead atoms. The molecule has 0 aliphatic rings. The number of terminal acetylenes is 1. The summed E-state index contributed by atoms with van der Waals surface area (Å²) in [5.41, 5.74) is 8.27. The molecule has 0 aromatic heterocycles. The van der Waals surface area contributed by atoms with Crippen molar-refractivity contribution < 1.29 is 9.53 Å². The van der Waals surface area contributed by atoms with Gasteiger partial charge in [0.1, 0.15) is 11.5 Å². The minimum Gasteiger partial charge on any atom is -0.455 e. The first-order valence-electron chi connectivity index (χ1n) is 7.41. The van der Waals surface area contributed by atoms with Crippen molar-refractivity contribution in [2.45, 2.75) is 0 Å². The Morgan fingerprint density at radius 1 is 0.917 bits per heavy atom. The largest absolute Gasteiger partial charge is 0.455 e. The normalized spacial score (nSPS) is 9.96. The Labute approximate surface area is 140 Å². The van der Waals surface area contributed by atoms with Crippen LogP contribution < -0.4 is 10.5 Å². The van der Waals surface area contributed by atoms with Crippen LogP contribution in [0.5, 0.6) is 11.5 Å². The summed E-state index contributed by atoms with van der Waals surface area (Å²) in [7, 11) is 0. The molecule has 3 aromatic carbocycles. The molecule has 0 heterocycles. The lowest BCUT2D eigenvalue weighted by atomic mass is 10.0. The first kappa shape index (κ1) is 15.4. The molecule has 0 spiro atoms. The Kier molecular flexibility index (Phi) is 4.31. The van der Waals surface area contributed by atoms with Crippen LogP contribution in [-0.4, -0.2) is 5.78 Å². The van der Waals surface area contributed by atoms with Gasteiger partial charge in [-0.05, 0) is 48.5 Å². The Morgan fingerprint density at radius 3 is 2.38 bits per heavy atom. The summed E-state index contributed by atoms with van der Waals surface area (Å²) in [5, 5.41) is 0. The fraction of sp³-hybridized carbons (Fsp3) is 0. The van der Waals surface area contributed by atoms with Gasteiger partial charge in [-0.2, -0.15) is 0 Å². The highest BCUT2D eigenvalue weighted by Gasteiger charge is 2.10. The van der Waals surface area contributed by atoms with Gasteiger partial charge in [0.2, 0.25) is 0 Å². The third-order valence-corrected chi connectivity index (χ3v) is 3.56. The number of hydrogen-bond acceptors (Lipinski definition) is 3. The van der Waals surface area contributed by atoms with Crippen molar-refractivity contribution in [2.24, 2.45) is 0 Å². The SMILES string of the molecule is C#Cc1ccc(C(=O)c2cccc(Oc3ccccc3N)c2)cc1. The molecule has 0 amide bonds. The highest BCUT2D eigenvalue weighted by Crippen LogP contribution is 2.27. The lowest BCUT2D eigenvalue weighted by molar-refractivity contribution is 0.103. The average molecular weight is 313 g/mol. The van der Waals surface area contributed by atoms with Crippen molar-refractivity contribution >= 4 is 11.5 Å². The minimum atomic E-state index is -0.0925. The summed E-state index contributed by atoms with van der Waals surface area (Å²) in [6.45, 7) is 0. The Balaban J connectivity index is 1.86. The van der Waals surface area contributed by atoms with Crippen LogP contribution >= 0.6 is 0 Å². The van der Waals surface area contributed by atoms with Gasteiger partial charge in [-0.15, -0.1) is 6.42 Å². The van der Waals surface area contributed by atoms with E-state index >= 15 is 0 Å². The fourth-order valence-electron chi connectivity index (χ4n) is 2.29. The van der Waals surface area contributed by atoms with E-state index in [1.807, 2.05) is 12.1 Å². The van der Waals surface area contributed by atoms with E-state index in [2.05, 4.69) is 5.92 Å². The van der Waals surface area contributed by atoms with Gasteiger partial charge in [0.05, 0.1) is 5.69 Å². The third-order valence-electron chi connectivity index (χ3n) is 3.56. The van der Waals surface area contributed by atoms with E-state index in [1.165, 1.54) is 0 Å². The molecule has 3 aromatic rings. The maximum atomic E-state index is 12.6. The number of nitrogen functional groups attached to an aromatic ring is 1. The van der Waals surface area contributed by atoms with Crippen LogP contribution in [0.25, 0.3) is 0 Å². The van der Waals surface area contributed by atoms with Gasteiger partial charge in [0, 0.05) is 16.7 Å². The van der Waals surface area contributed by atoms with Gasteiger partial charge in [-0.25, -0.2) is 0 Å². The van der Waals surface area contributed by atoms with Gasteiger partial charge < -0.3 is 10.5 Å². The molecule has 116 valence electrons. The van der Waals surface area contributed by atoms with Crippen molar-refractivity contribution in [1.29, 1.82) is 0 Å². The first-order valence-corrected chi connectivity index (χ1v) is 7.41. The maximum Gasteiger partial charge on any atom is 0.193 e. The Hall–Kier alpha value is -3.51. The fourth-order valence-corrected chi connectivity index (χ4v) is 2.29. The van der Waals surface area contributed by atoms with Crippen LogP contribution in [-0.2, 0) is 0 Å². The molecule has 0 saturated heterocycles. The number of carbonyl (C=O) groups is 1. The van der Waals surface area contributed by atoms with Gasteiger partial charge in [-0.1, -0.05) is 30.2 Å². The summed E-state index contributed by atoms with van der Waals surface area (Å²) >= 11 is 0. The highest BCUT2D eigenvalue weighted by atomic mass is 16.5. The molecule has 0 aliphatic carbocycles. The zero-order valence-electron chi connectivity index (χ0n) is 12.9. The van der Waals surface area contributed by atoms with Crippen LogP contribution in [0.3, 0.4) is 0 Å². The van der Waals surface area contributed by atoms with E-state index in [4.69, 9.17) is 16.9 Å². The number of para-hydroxylation sites is 2. The molecular formula is C21H15NO2. The summed E-state index contributed by atoms with van der Waals surface area (Å²) < 4.78 is 5.77. The lowest BCUT2D eigenvalue weighted by Gasteiger charge is -2.09. The van der Waals surface area contributed by atoms with Crippen molar-refractivity contribution in [3.63, 3.8) is 0 Å². The molecule has 3 heteroatoms. The molecule has 0 atom stereocenters. The Morgan fingerprint density at radius 2 is 1.67 bits per heavy atom. The smallest absolute Gasteiger partial charge is 0.193 e. The third kappa shape index (κ3) is 3.29. The number of hydrogen-bond donors (Lipinski definition) is 1. The quantitative estimate of drug-likeness (QED) is 0.444. The van der Waals surface area contributed by atoms with E-state index in [-0.39, 0.29) is 5.78 Å². The standard InChI is InChI=1S/C21H15NO2/c1-2-15-10-12-16(13-11-15)21(23)17-6-5-7-18(14-17)24-20-9-4-3-8-19(20)22/h1,3-14H,22H2. The number of carbonyl (C=O) groups excluding carboxylic acids is 1. The number of anilines is 1. The van der Waals surface area contributed by atoms with Gasteiger partial charge in [0.25, 0.3) is 0 Å². The molecule has 0 saturated carbocycles. The molecular weight excluding hydrogens is 298 g/mol. The van der Waals surface area contributed by atoms with Gasteiger partial charge >= 0.3 is 0 Å². The number of nitrogens with two attached hydrogens (primary N) is 1. The van der Waals surface area contributed by atoms with Gasteiger partial charge in [-0.3, -0.25) is 4.79 Å². The number of rotatable bonds is 4. The van der Waals surface area contributed by atoms with E-state index in [9.17, 15) is 4.79 Å². The first-order chi connectivity index (χ1) is 11.7. The van der Waals surface area contributed by atoms with E-state index < -0.39 is 0 Å². The molecule has 2 N–H and O–H groups in total. The average Bonchev–Trinajstić information content (AvgIpc) is 2.63. The number of ether oxygens (including phenoxy) is 1. The molecule has 0 fully saturated rings. The highest BCUT2D eigenvalue weighted by molar-refractivity contribution is 6.09. The summed E-state index contributed by atoms with van der Waals surface area (Å²) in [4.78, 5) is 12.6. The molecule has 3 rings (SSSR count). The number of ketones is 1. The van der Waals surface area contributed by atoms with Crippen LogP contribution in [0.1, 0.15) is 21.5 Å². The van der Waals surface area contributed by atoms with Crippen LogP contribution in [0.15, 0.2) is 72.8 Å². The zero-order valence-corrected chi connectivity index (χ0v) is 12.9. The van der Waals surface area contributed by atoms with Crippen molar-refractivity contribution in [1.82, 2.24) is 0 Å². The molecule has 3 nitrogen and oxygen atoms in total. The van der Waals surface area contributed by atoms with Crippen molar-refractivity contribution in [2.75, 3.05) is 5.73 Å². The molecule has 0 radical (unpaired) electrons. The van der Waals surface area contributed by atoms with E-state index in [0.717, 1.165) is 5.56 Å². The lowest BCUT2D eigenvalue weighted by Crippen LogP contribution is -2.01. The van der Waals surface area contributed by atoms with Crippen molar-refractivity contribution in [3.8, 4) is 23.8 Å². The summed E-state index contributed by atoms with van der Waals surface area (Å²) in [5.74, 6) is 3.55. The second kappa shape index (κ2) is 6.72. The second-order valence-corrected chi connectivity index (χ2v) is 5.22. The van der Waals surface area contributed by atoms with Gasteiger partial charge in [0.15, 0.2) is 5.78 Å². The predicted octanol–water partition coefficient (Wildman–Crippen LogP) is 4.27.